The number of nitrogens with one attached hydrogen (secondary N) is 1. The minimum atomic E-state index is -3.95. The number of hydrogen-bond acceptors (Lipinski definition) is 7. The first-order chi connectivity index (χ1) is 11.5. The van der Waals surface area contributed by atoms with Crippen LogP contribution < -0.4 is 10.5 Å². The maximum atomic E-state index is 12.0. The van der Waals surface area contributed by atoms with Gasteiger partial charge in [-0.25, -0.2) is 31.1 Å². The SMILES string of the molecule is COC(=O)c1cc(S(N)(=O)=O)ccc1NC1CCN(S(C)(=O)=O)CC1. The van der Waals surface area contributed by atoms with Crippen molar-refractivity contribution in [3.63, 3.8) is 0 Å². The fraction of sp³-hybridized carbons (Fsp3) is 0.500. The lowest BCUT2D eigenvalue weighted by Gasteiger charge is -2.31. The van der Waals surface area contributed by atoms with Crippen LogP contribution in [-0.4, -0.2) is 59.6 Å². The molecular weight excluding hydrogens is 370 g/mol. The zero-order chi connectivity index (χ0) is 18.8. The van der Waals surface area contributed by atoms with Gasteiger partial charge in [-0.1, -0.05) is 0 Å². The molecule has 25 heavy (non-hydrogen) atoms. The Bertz CT molecular complexity index is 859. The molecule has 0 radical (unpaired) electrons. The van der Waals surface area contributed by atoms with E-state index in [1.807, 2.05) is 0 Å². The molecule has 1 aliphatic heterocycles. The Hall–Kier alpha value is -1.69. The molecule has 0 aromatic heterocycles. The fourth-order valence-corrected chi connectivity index (χ4v) is 4.07. The van der Waals surface area contributed by atoms with Crippen molar-refractivity contribution >= 4 is 31.7 Å². The van der Waals surface area contributed by atoms with Crippen LogP contribution >= 0.6 is 0 Å². The van der Waals surface area contributed by atoms with Gasteiger partial charge in [0.1, 0.15) is 0 Å². The van der Waals surface area contributed by atoms with Gasteiger partial charge in [0.25, 0.3) is 0 Å². The molecule has 0 bridgehead atoms. The number of carbonyl (C=O) groups is 1. The van der Waals surface area contributed by atoms with Crippen LogP contribution in [0.4, 0.5) is 5.69 Å². The van der Waals surface area contributed by atoms with Gasteiger partial charge < -0.3 is 10.1 Å². The highest BCUT2D eigenvalue weighted by atomic mass is 32.2. The third kappa shape index (κ3) is 4.91. The van der Waals surface area contributed by atoms with Gasteiger partial charge in [-0.15, -0.1) is 0 Å². The summed E-state index contributed by atoms with van der Waals surface area (Å²) < 4.78 is 52.1. The Morgan fingerprint density at radius 3 is 2.32 bits per heavy atom. The molecule has 1 aromatic rings. The Kier molecular flexibility index (Phi) is 5.72. The van der Waals surface area contributed by atoms with Gasteiger partial charge in [0.15, 0.2) is 0 Å². The molecule has 1 saturated heterocycles. The molecule has 0 amide bonds. The van der Waals surface area contributed by atoms with E-state index in [-0.39, 0.29) is 16.5 Å². The van der Waals surface area contributed by atoms with E-state index in [1.54, 1.807) is 0 Å². The summed E-state index contributed by atoms with van der Waals surface area (Å²) in [4.78, 5) is 11.8. The summed E-state index contributed by atoms with van der Waals surface area (Å²) in [5, 5.41) is 8.25. The summed E-state index contributed by atoms with van der Waals surface area (Å²) in [6.07, 6.45) is 2.29. The van der Waals surface area contributed by atoms with E-state index in [0.29, 0.717) is 31.6 Å². The molecule has 1 fully saturated rings. The fourth-order valence-electron chi connectivity index (χ4n) is 2.66. The number of hydrogen-bond donors (Lipinski definition) is 2. The lowest BCUT2D eigenvalue weighted by Crippen LogP contribution is -2.42. The van der Waals surface area contributed by atoms with E-state index in [2.05, 4.69) is 5.32 Å². The van der Waals surface area contributed by atoms with Crippen LogP contribution in [0.25, 0.3) is 0 Å². The molecule has 0 unspecified atom stereocenters. The van der Waals surface area contributed by atoms with Crippen molar-refractivity contribution in [2.75, 3.05) is 31.8 Å². The number of nitrogens with two attached hydrogens (primary N) is 1. The standard InChI is InChI=1S/C14H21N3O6S2/c1-23-14(18)12-9-11(25(15,21)22)3-4-13(12)16-10-5-7-17(8-6-10)24(2,19)20/h3-4,9-10,16H,5-8H2,1-2H3,(H2,15,21,22). The Morgan fingerprint density at radius 2 is 1.84 bits per heavy atom. The zero-order valence-electron chi connectivity index (χ0n) is 13.9. The molecule has 2 rings (SSSR count). The van der Waals surface area contributed by atoms with E-state index >= 15 is 0 Å². The third-order valence-corrected chi connectivity index (χ3v) is 6.22. The molecule has 9 nitrogen and oxygen atoms in total. The van der Waals surface area contributed by atoms with Crippen LogP contribution in [0.15, 0.2) is 23.1 Å². The molecule has 140 valence electrons. The highest BCUT2D eigenvalue weighted by Crippen LogP contribution is 2.24. The zero-order valence-corrected chi connectivity index (χ0v) is 15.6. The Morgan fingerprint density at radius 1 is 1.24 bits per heavy atom. The summed E-state index contributed by atoms with van der Waals surface area (Å²) in [7, 11) is -5.97. The number of piperidine rings is 1. The van der Waals surface area contributed by atoms with Crippen molar-refractivity contribution in [3.05, 3.63) is 23.8 Å². The van der Waals surface area contributed by atoms with Gasteiger partial charge in [0.05, 0.1) is 23.8 Å². The highest BCUT2D eigenvalue weighted by molar-refractivity contribution is 7.89. The maximum Gasteiger partial charge on any atom is 0.340 e. The summed E-state index contributed by atoms with van der Waals surface area (Å²) in [6, 6.07) is 3.86. The van der Waals surface area contributed by atoms with Gasteiger partial charge in [-0.3, -0.25) is 0 Å². The lowest BCUT2D eigenvalue weighted by molar-refractivity contribution is 0.0601. The van der Waals surface area contributed by atoms with E-state index in [4.69, 9.17) is 9.88 Å². The molecule has 11 heteroatoms. The Labute approximate surface area is 147 Å². The average Bonchev–Trinajstić information content (AvgIpc) is 2.53. The number of methoxy groups -OCH3 is 1. The topological polar surface area (TPSA) is 136 Å². The molecule has 0 saturated carbocycles. The van der Waals surface area contributed by atoms with Crippen molar-refractivity contribution in [3.8, 4) is 0 Å². The van der Waals surface area contributed by atoms with Crippen LogP contribution in [0.3, 0.4) is 0 Å². The number of ether oxygens (including phenoxy) is 1. The third-order valence-electron chi connectivity index (χ3n) is 4.01. The number of sulfonamides is 2. The number of carbonyl (C=O) groups excluding carboxylic acids is 1. The number of esters is 1. The minimum absolute atomic E-state index is 0.0539. The lowest BCUT2D eigenvalue weighted by atomic mass is 10.1. The molecule has 1 aromatic carbocycles. The van der Waals surface area contributed by atoms with Crippen molar-refractivity contribution < 1.29 is 26.4 Å². The van der Waals surface area contributed by atoms with Crippen LogP contribution in [-0.2, 0) is 24.8 Å². The van der Waals surface area contributed by atoms with Crippen LogP contribution in [0.5, 0.6) is 0 Å². The maximum absolute atomic E-state index is 12.0. The van der Waals surface area contributed by atoms with E-state index in [0.717, 1.165) is 6.07 Å². The second-order valence-corrected chi connectivity index (χ2v) is 9.37. The van der Waals surface area contributed by atoms with Crippen LogP contribution in [0.1, 0.15) is 23.2 Å². The Balaban J connectivity index is 2.21. The second kappa shape index (κ2) is 7.28. The van der Waals surface area contributed by atoms with Gasteiger partial charge in [0, 0.05) is 24.8 Å². The number of benzene rings is 1. The predicted octanol–water partition coefficient (Wildman–Crippen LogP) is -0.0435. The number of anilines is 1. The van der Waals surface area contributed by atoms with Gasteiger partial charge >= 0.3 is 5.97 Å². The molecule has 0 aliphatic carbocycles. The van der Waals surface area contributed by atoms with Crippen molar-refractivity contribution in [2.45, 2.75) is 23.8 Å². The number of rotatable bonds is 5. The van der Waals surface area contributed by atoms with E-state index < -0.39 is 26.0 Å². The van der Waals surface area contributed by atoms with Gasteiger partial charge in [-0.2, -0.15) is 0 Å². The summed E-state index contributed by atoms with van der Waals surface area (Å²) >= 11 is 0. The van der Waals surface area contributed by atoms with Crippen molar-refractivity contribution in [1.29, 1.82) is 0 Å². The molecule has 1 heterocycles. The normalized spacial score (nSPS) is 17.2. The molecule has 3 N–H and O–H groups in total. The second-order valence-electron chi connectivity index (χ2n) is 5.82. The van der Waals surface area contributed by atoms with Crippen LogP contribution in [0.2, 0.25) is 0 Å². The quantitative estimate of drug-likeness (QED) is 0.672. The van der Waals surface area contributed by atoms with Crippen LogP contribution in [0, 0.1) is 0 Å². The molecule has 0 atom stereocenters. The van der Waals surface area contributed by atoms with E-state index in [1.165, 1.54) is 29.8 Å². The summed E-state index contributed by atoms with van der Waals surface area (Å²) in [6.45, 7) is 0.749. The summed E-state index contributed by atoms with van der Waals surface area (Å²) in [5.41, 5.74) is 0.469. The first-order valence-corrected chi connectivity index (χ1v) is 10.9. The average molecular weight is 391 g/mol. The highest BCUT2D eigenvalue weighted by Gasteiger charge is 2.26. The van der Waals surface area contributed by atoms with Gasteiger partial charge in [-0.05, 0) is 31.0 Å². The first kappa shape index (κ1) is 19.6. The number of primary sulfonamides is 1. The first-order valence-electron chi connectivity index (χ1n) is 7.49. The molecule has 1 aliphatic rings. The largest absolute Gasteiger partial charge is 0.465 e. The van der Waals surface area contributed by atoms with Gasteiger partial charge in [0.2, 0.25) is 20.0 Å². The predicted molar refractivity (Wildman–Crippen MR) is 92.2 cm³/mol. The molecular formula is C14H21N3O6S2. The monoisotopic (exact) mass is 391 g/mol. The van der Waals surface area contributed by atoms with Crippen molar-refractivity contribution in [1.82, 2.24) is 4.31 Å². The van der Waals surface area contributed by atoms with E-state index in [9.17, 15) is 21.6 Å². The minimum Gasteiger partial charge on any atom is -0.465 e. The summed E-state index contributed by atoms with van der Waals surface area (Å²) in [5.74, 6) is -0.693. The number of nitrogens with zero attached hydrogens (tertiary/aromatic N) is 1. The van der Waals surface area contributed by atoms with Crippen molar-refractivity contribution in [2.24, 2.45) is 5.14 Å². The smallest absolute Gasteiger partial charge is 0.340 e. The molecule has 0 spiro atoms.